The van der Waals surface area contributed by atoms with Crippen molar-refractivity contribution < 1.29 is 14.1 Å². The smallest absolute Gasteiger partial charge is 0.223 e. The minimum absolute atomic E-state index is 0.0857. The molecular formula is C20H26N2O3. The summed E-state index contributed by atoms with van der Waals surface area (Å²) < 4.78 is 10.8. The number of nitrogens with zero attached hydrogens (tertiary/aromatic N) is 2. The molecule has 1 aliphatic heterocycles. The van der Waals surface area contributed by atoms with Crippen LogP contribution in [0, 0.1) is 12.8 Å². The number of carbonyl (C=O) groups excluding carboxylic acids is 1. The second kappa shape index (κ2) is 8.30. The topological polar surface area (TPSA) is 55.6 Å². The standard InChI is InChI=1S/C20H26N2O3/c1-15-5-3-4-6-16(15)13-17-10-12-22(14-19(17)24-2)20(23)8-7-18-9-11-21-25-18/h3-6,9,11,17,19H,7-8,10,12-14H2,1-2H3/t17-,19-/m1/s1. The van der Waals surface area contributed by atoms with Gasteiger partial charge in [-0.1, -0.05) is 29.4 Å². The van der Waals surface area contributed by atoms with Gasteiger partial charge in [-0.25, -0.2) is 0 Å². The number of amides is 1. The Balaban J connectivity index is 1.55. The fourth-order valence-electron chi connectivity index (χ4n) is 3.57. The molecule has 5 heteroatoms. The van der Waals surface area contributed by atoms with Crippen LogP contribution in [0.4, 0.5) is 0 Å². The van der Waals surface area contributed by atoms with Crippen LogP contribution in [-0.4, -0.2) is 42.3 Å². The van der Waals surface area contributed by atoms with Gasteiger partial charge in [0.1, 0.15) is 5.76 Å². The largest absolute Gasteiger partial charge is 0.379 e. The molecule has 0 saturated carbocycles. The van der Waals surface area contributed by atoms with E-state index >= 15 is 0 Å². The van der Waals surface area contributed by atoms with Crippen LogP contribution < -0.4 is 0 Å². The summed E-state index contributed by atoms with van der Waals surface area (Å²) in [6, 6.07) is 10.3. The summed E-state index contributed by atoms with van der Waals surface area (Å²) in [5.41, 5.74) is 2.70. The SMILES string of the molecule is CO[C@@H]1CN(C(=O)CCc2ccno2)CC[C@@H]1Cc1ccccc1C. The third-order valence-corrected chi connectivity index (χ3v) is 5.17. The Hall–Kier alpha value is -2.14. The van der Waals surface area contributed by atoms with Crippen LogP contribution >= 0.6 is 0 Å². The van der Waals surface area contributed by atoms with Crippen LogP contribution in [0.2, 0.25) is 0 Å². The van der Waals surface area contributed by atoms with E-state index in [1.165, 1.54) is 11.1 Å². The molecule has 1 amide bonds. The van der Waals surface area contributed by atoms with Gasteiger partial charge in [0, 0.05) is 39.1 Å². The zero-order chi connectivity index (χ0) is 17.6. The predicted octanol–water partition coefficient (Wildman–Crippen LogP) is 3.02. The minimum Gasteiger partial charge on any atom is -0.379 e. The van der Waals surface area contributed by atoms with Gasteiger partial charge >= 0.3 is 0 Å². The number of hydrogen-bond acceptors (Lipinski definition) is 4. The van der Waals surface area contributed by atoms with Crippen LogP contribution in [0.15, 0.2) is 41.1 Å². The molecule has 3 rings (SSSR count). The highest BCUT2D eigenvalue weighted by atomic mass is 16.5. The first-order chi connectivity index (χ1) is 12.2. The predicted molar refractivity (Wildman–Crippen MR) is 95.2 cm³/mol. The van der Waals surface area contributed by atoms with Crippen molar-refractivity contribution in [1.82, 2.24) is 10.1 Å². The molecule has 2 aromatic rings. The highest BCUT2D eigenvalue weighted by molar-refractivity contribution is 5.76. The molecule has 0 aliphatic carbocycles. The minimum atomic E-state index is 0.0857. The lowest BCUT2D eigenvalue weighted by molar-refractivity contribution is -0.136. The van der Waals surface area contributed by atoms with Gasteiger partial charge in [-0.15, -0.1) is 0 Å². The number of carbonyl (C=O) groups is 1. The van der Waals surface area contributed by atoms with Crippen LogP contribution in [0.25, 0.3) is 0 Å². The summed E-state index contributed by atoms with van der Waals surface area (Å²) in [5.74, 6) is 1.36. The van der Waals surface area contributed by atoms with E-state index in [2.05, 4.69) is 36.3 Å². The third kappa shape index (κ3) is 4.48. The van der Waals surface area contributed by atoms with E-state index in [0.29, 0.717) is 25.3 Å². The third-order valence-electron chi connectivity index (χ3n) is 5.17. The van der Waals surface area contributed by atoms with Crippen molar-refractivity contribution in [2.75, 3.05) is 20.2 Å². The van der Waals surface area contributed by atoms with Crippen LogP contribution in [0.5, 0.6) is 0 Å². The van der Waals surface area contributed by atoms with Gasteiger partial charge < -0.3 is 14.2 Å². The zero-order valence-corrected chi connectivity index (χ0v) is 15.0. The van der Waals surface area contributed by atoms with E-state index in [-0.39, 0.29) is 12.0 Å². The van der Waals surface area contributed by atoms with E-state index in [9.17, 15) is 4.79 Å². The fourth-order valence-corrected chi connectivity index (χ4v) is 3.57. The van der Waals surface area contributed by atoms with Crippen molar-refractivity contribution in [3.8, 4) is 0 Å². The Morgan fingerprint density at radius 3 is 2.92 bits per heavy atom. The van der Waals surface area contributed by atoms with Crippen LogP contribution in [0.1, 0.15) is 29.7 Å². The maximum Gasteiger partial charge on any atom is 0.223 e. The summed E-state index contributed by atoms with van der Waals surface area (Å²) in [4.78, 5) is 14.4. The Morgan fingerprint density at radius 2 is 2.20 bits per heavy atom. The van der Waals surface area contributed by atoms with E-state index in [4.69, 9.17) is 9.26 Å². The number of aromatic nitrogens is 1. The maximum absolute atomic E-state index is 12.5. The molecule has 2 atom stereocenters. The van der Waals surface area contributed by atoms with E-state index in [0.717, 1.165) is 25.1 Å². The Morgan fingerprint density at radius 1 is 1.36 bits per heavy atom. The number of rotatable bonds is 6. The van der Waals surface area contributed by atoms with E-state index in [1.807, 2.05) is 4.90 Å². The first-order valence-electron chi connectivity index (χ1n) is 8.92. The van der Waals surface area contributed by atoms with Crippen molar-refractivity contribution in [3.05, 3.63) is 53.4 Å². The van der Waals surface area contributed by atoms with Crippen molar-refractivity contribution >= 4 is 5.91 Å². The summed E-state index contributed by atoms with van der Waals surface area (Å²) in [7, 11) is 1.75. The Kier molecular flexibility index (Phi) is 5.87. The lowest BCUT2D eigenvalue weighted by atomic mass is 9.86. The molecule has 0 spiro atoms. The molecule has 0 radical (unpaired) electrons. The number of likely N-dealkylation sites (tertiary alicyclic amines) is 1. The maximum atomic E-state index is 12.5. The second-order valence-corrected chi connectivity index (χ2v) is 6.77. The van der Waals surface area contributed by atoms with E-state index in [1.54, 1.807) is 19.4 Å². The van der Waals surface area contributed by atoms with Gasteiger partial charge in [-0.3, -0.25) is 4.79 Å². The van der Waals surface area contributed by atoms with Crippen LogP contribution in [0.3, 0.4) is 0 Å². The molecule has 1 aromatic carbocycles. The number of aryl methyl sites for hydroxylation is 2. The van der Waals surface area contributed by atoms with Gasteiger partial charge in [-0.05, 0) is 36.8 Å². The average molecular weight is 342 g/mol. The number of piperidine rings is 1. The van der Waals surface area contributed by atoms with Crippen molar-refractivity contribution in [2.24, 2.45) is 5.92 Å². The Labute approximate surface area is 148 Å². The highest BCUT2D eigenvalue weighted by Crippen LogP contribution is 2.26. The van der Waals surface area contributed by atoms with Gasteiger partial charge in [0.25, 0.3) is 0 Å². The highest BCUT2D eigenvalue weighted by Gasteiger charge is 2.31. The quantitative estimate of drug-likeness (QED) is 0.810. The van der Waals surface area contributed by atoms with Crippen LogP contribution in [-0.2, 0) is 22.4 Å². The number of hydrogen-bond donors (Lipinski definition) is 0. The Bertz CT molecular complexity index is 684. The number of methoxy groups -OCH3 is 1. The summed E-state index contributed by atoms with van der Waals surface area (Å²) in [5, 5.41) is 3.67. The molecule has 0 N–H and O–H groups in total. The number of benzene rings is 1. The molecule has 1 saturated heterocycles. The lowest BCUT2D eigenvalue weighted by Crippen LogP contribution is -2.48. The van der Waals surface area contributed by atoms with Crippen molar-refractivity contribution in [1.29, 1.82) is 0 Å². The van der Waals surface area contributed by atoms with Gasteiger partial charge in [0.2, 0.25) is 5.91 Å². The molecule has 5 nitrogen and oxygen atoms in total. The number of ether oxygens (including phenoxy) is 1. The molecule has 1 fully saturated rings. The summed E-state index contributed by atoms with van der Waals surface area (Å²) in [6.45, 7) is 3.62. The summed E-state index contributed by atoms with van der Waals surface area (Å²) >= 11 is 0. The molecule has 1 aliphatic rings. The fraction of sp³-hybridized carbons (Fsp3) is 0.500. The molecule has 0 unspecified atom stereocenters. The molecule has 0 bridgehead atoms. The first kappa shape index (κ1) is 17.7. The normalized spacial score (nSPS) is 20.6. The molecule has 25 heavy (non-hydrogen) atoms. The zero-order valence-electron chi connectivity index (χ0n) is 15.0. The van der Waals surface area contributed by atoms with Gasteiger partial charge in [0.05, 0.1) is 12.3 Å². The van der Waals surface area contributed by atoms with Gasteiger partial charge in [-0.2, -0.15) is 0 Å². The lowest BCUT2D eigenvalue weighted by Gasteiger charge is -2.38. The first-order valence-corrected chi connectivity index (χ1v) is 8.92. The average Bonchev–Trinajstić information content (AvgIpc) is 3.15. The molecule has 1 aromatic heterocycles. The molecule has 134 valence electrons. The van der Waals surface area contributed by atoms with E-state index < -0.39 is 0 Å². The van der Waals surface area contributed by atoms with Crippen molar-refractivity contribution in [2.45, 2.75) is 38.7 Å². The molecular weight excluding hydrogens is 316 g/mol. The summed E-state index contributed by atoms with van der Waals surface area (Å²) in [6.07, 6.45) is 4.72. The van der Waals surface area contributed by atoms with Gasteiger partial charge in [0.15, 0.2) is 0 Å². The molecule has 2 heterocycles. The monoisotopic (exact) mass is 342 g/mol. The van der Waals surface area contributed by atoms with Crippen molar-refractivity contribution in [3.63, 3.8) is 0 Å². The second-order valence-electron chi connectivity index (χ2n) is 6.77.